The Labute approximate surface area is 177 Å². The van der Waals surface area contributed by atoms with E-state index in [1.54, 1.807) is 26.0 Å². The van der Waals surface area contributed by atoms with Crippen molar-refractivity contribution >= 4 is 27.2 Å². The predicted molar refractivity (Wildman–Crippen MR) is 114 cm³/mol. The number of morpholine rings is 1. The molecule has 0 unspecified atom stereocenters. The van der Waals surface area contributed by atoms with Crippen LogP contribution in [-0.2, 0) is 19.6 Å². The van der Waals surface area contributed by atoms with E-state index in [9.17, 15) is 13.2 Å². The molecule has 0 aromatic heterocycles. The minimum absolute atomic E-state index is 0.183. The highest BCUT2D eigenvalue weighted by Crippen LogP contribution is 2.44. The van der Waals surface area contributed by atoms with Gasteiger partial charge in [-0.3, -0.25) is 14.0 Å². The topological polar surface area (TPSA) is 97.4 Å². The molecular weight excluding hydrogens is 410 g/mol. The lowest BCUT2D eigenvalue weighted by molar-refractivity contribution is -0.116. The second-order valence-electron chi connectivity index (χ2n) is 7.06. The number of methoxy groups -OCH3 is 2. The zero-order chi connectivity index (χ0) is 21.9. The van der Waals surface area contributed by atoms with Crippen LogP contribution >= 0.6 is 0 Å². The lowest BCUT2D eigenvalue weighted by Crippen LogP contribution is -2.44. The highest BCUT2D eigenvalue weighted by Gasteiger charge is 2.39. The molecule has 0 spiro atoms. The fourth-order valence-corrected chi connectivity index (χ4v) is 5.56. The molecule has 1 saturated heterocycles. The number of sulfonamides is 1. The fourth-order valence-electron chi connectivity index (χ4n) is 3.79. The molecule has 1 N–H and O–H groups in total. The largest absolute Gasteiger partial charge is 0.493 e. The summed E-state index contributed by atoms with van der Waals surface area (Å²) in [6, 6.07) is 3.34. The van der Waals surface area contributed by atoms with Crippen LogP contribution < -0.4 is 19.1 Å². The molecule has 1 aromatic carbocycles. The first-order valence-electron chi connectivity index (χ1n) is 9.93. The van der Waals surface area contributed by atoms with Gasteiger partial charge in [0.15, 0.2) is 16.4 Å². The van der Waals surface area contributed by atoms with Crippen LogP contribution in [0.4, 0.5) is 5.69 Å². The third kappa shape index (κ3) is 4.12. The van der Waals surface area contributed by atoms with Crippen LogP contribution in [0.15, 0.2) is 17.0 Å². The van der Waals surface area contributed by atoms with Gasteiger partial charge in [-0.15, -0.1) is 0 Å². The zero-order valence-corrected chi connectivity index (χ0v) is 18.7. The first-order valence-corrected chi connectivity index (χ1v) is 11.4. The van der Waals surface area contributed by atoms with E-state index in [2.05, 4.69) is 10.2 Å². The summed E-state index contributed by atoms with van der Waals surface area (Å²) in [5, 5.41) is 2.77. The number of benzene rings is 1. The van der Waals surface area contributed by atoms with Gasteiger partial charge >= 0.3 is 0 Å². The van der Waals surface area contributed by atoms with Crippen molar-refractivity contribution in [1.82, 2.24) is 10.2 Å². The SMILES string of the molecule is CCN1c2cc(OC)c(OC)cc2C(C)=C(C(=O)NCCN2CCOCC2)S1(=O)=O. The van der Waals surface area contributed by atoms with Crippen LogP contribution in [0.25, 0.3) is 5.57 Å². The normalized spacial score (nSPS) is 18.7. The van der Waals surface area contributed by atoms with Gasteiger partial charge in [-0.25, -0.2) is 8.42 Å². The summed E-state index contributed by atoms with van der Waals surface area (Å²) in [6.45, 7) is 7.49. The molecule has 2 aliphatic heterocycles. The molecule has 1 aromatic rings. The van der Waals surface area contributed by atoms with Crippen molar-refractivity contribution < 1.29 is 27.4 Å². The number of allylic oxidation sites excluding steroid dienone is 1. The lowest BCUT2D eigenvalue weighted by Gasteiger charge is -2.32. The smallest absolute Gasteiger partial charge is 0.270 e. The van der Waals surface area contributed by atoms with Crippen LogP contribution in [0.5, 0.6) is 11.5 Å². The van der Waals surface area contributed by atoms with Gasteiger partial charge in [0.2, 0.25) is 0 Å². The van der Waals surface area contributed by atoms with E-state index in [1.165, 1.54) is 18.5 Å². The van der Waals surface area contributed by atoms with Crippen LogP contribution in [0.1, 0.15) is 19.4 Å². The number of carbonyl (C=O) groups is 1. The molecule has 30 heavy (non-hydrogen) atoms. The van der Waals surface area contributed by atoms with Crippen molar-refractivity contribution in [3.05, 3.63) is 22.6 Å². The van der Waals surface area contributed by atoms with E-state index in [0.717, 1.165) is 13.1 Å². The summed E-state index contributed by atoms with van der Waals surface area (Å²) in [6.07, 6.45) is 0. The first-order chi connectivity index (χ1) is 14.3. The Kier molecular flexibility index (Phi) is 6.89. The first kappa shape index (κ1) is 22.4. The van der Waals surface area contributed by atoms with Crippen LogP contribution in [0, 0.1) is 0 Å². The van der Waals surface area contributed by atoms with Gasteiger partial charge in [0.25, 0.3) is 15.9 Å². The van der Waals surface area contributed by atoms with Crippen LogP contribution in [0.3, 0.4) is 0 Å². The molecule has 2 heterocycles. The van der Waals surface area contributed by atoms with E-state index in [0.29, 0.717) is 54.6 Å². The van der Waals surface area contributed by atoms with Gasteiger partial charge in [0, 0.05) is 44.4 Å². The fraction of sp³-hybridized carbons (Fsp3) is 0.550. The van der Waals surface area contributed by atoms with Crippen molar-refractivity contribution in [3.63, 3.8) is 0 Å². The number of carbonyl (C=O) groups excluding carboxylic acids is 1. The van der Waals surface area contributed by atoms with E-state index in [-0.39, 0.29) is 11.4 Å². The molecule has 1 fully saturated rings. The maximum atomic E-state index is 13.3. The molecule has 0 atom stereocenters. The summed E-state index contributed by atoms with van der Waals surface area (Å²) in [7, 11) is -0.998. The molecule has 10 heteroatoms. The highest BCUT2D eigenvalue weighted by molar-refractivity contribution is 7.97. The van der Waals surface area contributed by atoms with Gasteiger partial charge in [-0.1, -0.05) is 0 Å². The standard InChI is InChI=1S/C20H29N3O6S/c1-5-23-16-13-18(28-4)17(27-3)12-15(16)14(2)19(30(23,25)26)20(24)21-6-7-22-8-10-29-11-9-22/h12-13H,5-11H2,1-4H3,(H,21,24). The number of anilines is 1. The van der Waals surface area contributed by atoms with Crippen molar-refractivity contribution in [3.8, 4) is 11.5 Å². The highest BCUT2D eigenvalue weighted by atomic mass is 32.2. The average molecular weight is 440 g/mol. The van der Waals surface area contributed by atoms with E-state index < -0.39 is 15.9 Å². The summed E-state index contributed by atoms with van der Waals surface area (Å²) in [5.74, 6) is 0.300. The molecule has 2 aliphatic rings. The van der Waals surface area contributed by atoms with E-state index in [4.69, 9.17) is 14.2 Å². The molecule has 0 aliphatic carbocycles. The van der Waals surface area contributed by atoms with Gasteiger partial charge in [0.1, 0.15) is 0 Å². The lowest BCUT2D eigenvalue weighted by atomic mass is 10.0. The van der Waals surface area contributed by atoms with Crippen LogP contribution in [-0.4, -0.2) is 79.4 Å². The number of rotatable bonds is 7. The van der Waals surface area contributed by atoms with Crippen molar-refractivity contribution in [2.24, 2.45) is 0 Å². The molecular formula is C20H29N3O6S. The summed E-state index contributed by atoms with van der Waals surface area (Å²) in [5.41, 5.74) is 1.49. The second kappa shape index (κ2) is 9.23. The molecule has 3 rings (SSSR count). The van der Waals surface area contributed by atoms with Crippen LogP contribution in [0.2, 0.25) is 0 Å². The third-order valence-electron chi connectivity index (χ3n) is 5.37. The number of ether oxygens (including phenoxy) is 3. The number of hydrogen-bond donors (Lipinski definition) is 1. The number of fused-ring (bicyclic) bond motifs is 1. The molecule has 0 bridgehead atoms. The predicted octanol–water partition coefficient (Wildman–Crippen LogP) is 1.05. The quantitative estimate of drug-likeness (QED) is 0.678. The maximum Gasteiger partial charge on any atom is 0.270 e. The minimum Gasteiger partial charge on any atom is -0.493 e. The molecule has 1 amide bonds. The van der Waals surface area contributed by atoms with Crippen molar-refractivity contribution in [2.45, 2.75) is 13.8 Å². The number of nitrogens with zero attached hydrogens (tertiary/aromatic N) is 2. The average Bonchev–Trinajstić information content (AvgIpc) is 2.73. The van der Waals surface area contributed by atoms with Gasteiger partial charge in [-0.05, 0) is 25.5 Å². The van der Waals surface area contributed by atoms with E-state index in [1.807, 2.05) is 0 Å². The molecule has 0 saturated carbocycles. The second-order valence-corrected chi connectivity index (χ2v) is 8.86. The molecule has 0 radical (unpaired) electrons. The van der Waals surface area contributed by atoms with Gasteiger partial charge in [0.05, 0.1) is 33.1 Å². The Morgan fingerprint density at radius 2 is 1.80 bits per heavy atom. The van der Waals surface area contributed by atoms with Gasteiger partial charge in [-0.2, -0.15) is 0 Å². The minimum atomic E-state index is -4.01. The van der Waals surface area contributed by atoms with Crippen molar-refractivity contribution in [1.29, 1.82) is 0 Å². The van der Waals surface area contributed by atoms with Gasteiger partial charge < -0.3 is 19.5 Å². The number of amides is 1. The monoisotopic (exact) mass is 439 g/mol. The zero-order valence-electron chi connectivity index (χ0n) is 17.9. The Morgan fingerprint density at radius 1 is 1.17 bits per heavy atom. The Balaban J connectivity index is 1.93. The Hall–Kier alpha value is -2.30. The summed E-state index contributed by atoms with van der Waals surface area (Å²) >= 11 is 0. The number of nitrogens with one attached hydrogen (secondary N) is 1. The molecule has 166 valence electrons. The van der Waals surface area contributed by atoms with E-state index >= 15 is 0 Å². The number of hydrogen-bond acceptors (Lipinski definition) is 7. The maximum absolute atomic E-state index is 13.3. The molecule has 9 nitrogen and oxygen atoms in total. The Bertz CT molecular complexity index is 938. The third-order valence-corrected chi connectivity index (χ3v) is 7.42. The summed E-state index contributed by atoms with van der Waals surface area (Å²) in [4.78, 5) is 14.9. The Morgan fingerprint density at radius 3 is 2.40 bits per heavy atom. The van der Waals surface area contributed by atoms with Crippen molar-refractivity contribution in [2.75, 3.05) is 64.5 Å². The summed E-state index contributed by atoms with van der Waals surface area (Å²) < 4.78 is 43.8.